The van der Waals surface area contributed by atoms with Crippen molar-refractivity contribution in [1.29, 1.82) is 0 Å². The number of aromatic nitrogens is 2. The molecule has 0 fully saturated rings. The zero-order valence-electron chi connectivity index (χ0n) is 14.0. The molecule has 4 heteroatoms. The number of fused-ring (bicyclic) bond motifs is 5. The maximum atomic E-state index is 5.03. The first kappa shape index (κ1) is 16.4. The first-order valence-corrected chi connectivity index (χ1v) is 10.6. The van der Waals surface area contributed by atoms with Gasteiger partial charge < -0.3 is 0 Å². The summed E-state index contributed by atoms with van der Waals surface area (Å²) in [6.07, 6.45) is 1.86. The van der Waals surface area contributed by atoms with Crippen molar-refractivity contribution in [2.24, 2.45) is 0 Å². The number of alkyl halides is 2. The maximum absolute atomic E-state index is 5.03. The van der Waals surface area contributed by atoms with E-state index in [4.69, 9.17) is 9.97 Å². The zero-order chi connectivity index (χ0) is 17.7. The second kappa shape index (κ2) is 6.43. The van der Waals surface area contributed by atoms with Crippen LogP contribution in [-0.2, 0) is 12.8 Å². The van der Waals surface area contributed by atoms with Crippen molar-refractivity contribution in [2.75, 3.05) is 0 Å². The van der Waals surface area contributed by atoms with Gasteiger partial charge in [0.1, 0.15) is 0 Å². The van der Waals surface area contributed by atoms with Gasteiger partial charge in [0, 0.05) is 20.4 Å². The molecule has 0 unspecified atom stereocenters. The molecule has 2 nitrogen and oxygen atoms in total. The molecule has 0 saturated heterocycles. The van der Waals surface area contributed by atoms with E-state index in [1.54, 1.807) is 0 Å². The Kier molecular flexibility index (Phi) is 4.06. The lowest BCUT2D eigenvalue weighted by molar-refractivity contribution is 0.782. The number of rotatable bonds is 0. The van der Waals surface area contributed by atoms with Crippen molar-refractivity contribution in [1.82, 2.24) is 9.97 Å². The van der Waals surface area contributed by atoms with Gasteiger partial charge in [0.15, 0.2) is 0 Å². The van der Waals surface area contributed by atoms with E-state index in [2.05, 4.69) is 80.4 Å². The fourth-order valence-corrected chi connectivity index (χ4v) is 4.79. The van der Waals surface area contributed by atoms with Crippen LogP contribution in [0.5, 0.6) is 0 Å². The van der Waals surface area contributed by atoms with Crippen LogP contribution in [0.3, 0.4) is 0 Å². The molecule has 1 aliphatic carbocycles. The van der Waals surface area contributed by atoms with Crippen LogP contribution in [0.1, 0.15) is 11.1 Å². The number of halogens is 2. The Morgan fingerprint density at radius 1 is 0.654 bits per heavy atom. The lowest BCUT2D eigenvalue weighted by Gasteiger charge is -2.24. The molecule has 0 saturated carbocycles. The van der Waals surface area contributed by atoms with E-state index in [0.717, 1.165) is 35.3 Å². The zero-order valence-corrected chi connectivity index (χ0v) is 17.2. The van der Waals surface area contributed by atoms with Crippen LogP contribution in [0.2, 0.25) is 0 Å². The third kappa shape index (κ3) is 2.76. The monoisotopic (exact) mass is 466 g/mol. The van der Waals surface area contributed by atoms with Crippen molar-refractivity contribution < 1.29 is 0 Å². The van der Waals surface area contributed by atoms with E-state index in [-0.39, 0.29) is 0 Å². The number of hydrogen-bond acceptors (Lipinski definition) is 2. The summed E-state index contributed by atoms with van der Waals surface area (Å²) in [5.41, 5.74) is 6.59. The summed E-state index contributed by atoms with van der Waals surface area (Å²) in [6, 6.07) is 21.2. The minimum Gasteiger partial charge on any atom is -0.246 e. The molecule has 2 aromatic heterocycles. The number of para-hydroxylation sites is 2. The highest BCUT2D eigenvalue weighted by atomic mass is 79.9. The van der Waals surface area contributed by atoms with E-state index in [0.29, 0.717) is 9.65 Å². The van der Waals surface area contributed by atoms with Gasteiger partial charge in [-0.3, -0.25) is 0 Å². The van der Waals surface area contributed by atoms with Crippen molar-refractivity contribution in [3.05, 3.63) is 71.8 Å². The first-order valence-electron chi connectivity index (χ1n) is 8.75. The summed E-state index contributed by atoms with van der Waals surface area (Å²) in [4.78, 5) is 10.8. The lowest BCUT2D eigenvalue weighted by atomic mass is 9.92. The Morgan fingerprint density at radius 2 is 1.08 bits per heavy atom. The molecule has 0 N–H and O–H groups in total. The van der Waals surface area contributed by atoms with Gasteiger partial charge in [-0.25, -0.2) is 9.97 Å². The van der Waals surface area contributed by atoms with Gasteiger partial charge in [-0.05, 0) is 48.2 Å². The Balaban J connectivity index is 1.85. The minimum atomic E-state index is 0.351. The Bertz CT molecular complexity index is 1050. The molecule has 0 radical (unpaired) electrons. The molecule has 26 heavy (non-hydrogen) atoms. The van der Waals surface area contributed by atoms with Gasteiger partial charge in [-0.15, -0.1) is 0 Å². The molecule has 1 aliphatic rings. The molecule has 128 valence electrons. The molecule has 5 rings (SSSR count). The highest BCUT2D eigenvalue weighted by Crippen LogP contribution is 2.36. The van der Waals surface area contributed by atoms with Gasteiger partial charge >= 0.3 is 0 Å². The van der Waals surface area contributed by atoms with Crippen molar-refractivity contribution in [3.63, 3.8) is 0 Å². The number of nitrogens with zero attached hydrogens (tertiary/aromatic N) is 2. The highest BCUT2D eigenvalue weighted by molar-refractivity contribution is 9.12. The van der Waals surface area contributed by atoms with E-state index >= 15 is 0 Å². The fourth-order valence-electron chi connectivity index (χ4n) is 3.72. The molecule has 0 bridgehead atoms. The average Bonchev–Trinajstić information content (AvgIpc) is 2.66. The van der Waals surface area contributed by atoms with Crippen LogP contribution >= 0.6 is 31.9 Å². The molecule has 4 aromatic rings. The summed E-state index contributed by atoms with van der Waals surface area (Å²) in [5.74, 6) is 0. The number of benzene rings is 2. The van der Waals surface area contributed by atoms with Crippen LogP contribution in [0.15, 0.2) is 60.7 Å². The molecule has 0 aliphatic heterocycles. The third-order valence-corrected chi connectivity index (χ3v) is 7.69. The van der Waals surface area contributed by atoms with Crippen LogP contribution < -0.4 is 0 Å². The Hall–Kier alpha value is -1.78. The van der Waals surface area contributed by atoms with Crippen LogP contribution in [0, 0.1) is 0 Å². The predicted octanol–water partition coefficient (Wildman–Crippen LogP) is 6.08. The fraction of sp³-hybridized carbons (Fsp3) is 0.182. The van der Waals surface area contributed by atoms with Crippen molar-refractivity contribution >= 4 is 53.7 Å². The summed E-state index contributed by atoms with van der Waals surface area (Å²) < 4.78 is 0. The number of pyridine rings is 2. The molecular formula is C22H16Br2N2. The predicted molar refractivity (Wildman–Crippen MR) is 115 cm³/mol. The molecular weight excluding hydrogens is 452 g/mol. The Morgan fingerprint density at radius 3 is 1.54 bits per heavy atom. The van der Waals surface area contributed by atoms with E-state index in [1.807, 2.05) is 12.1 Å². The normalized spacial score (nSPS) is 19.6. The second-order valence-electron chi connectivity index (χ2n) is 6.82. The smallest absolute Gasteiger partial charge is 0.0929 e. The van der Waals surface area contributed by atoms with Gasteiger partial charge in [0.05, 0.1) is 22.4 Å². The summed E-state index contributed by atoms with van der Waals surface area (Å²) in [7, 11) is 0. The standard InChI is InChI=1S/C22H16Br2N2/c23-17-11-15-9-13-5-1-3-7-19(13)25-21(15)22-16(12-18(17)24)10-14-6-2-4-8-20(14)26-22/h1-10,17-18H,11-12H2/t17-,18-/m1/s1. The van der Waals surface area contributed by atoms with Gasteiger partial charge in [0.25, 0.3) is 0 Å². The number of hydrogen-bond donors (Lipinski definition) is 0. The SMILES string of the molecule is Br[C@@H]1Cc2cc3ccccc3nc2-c2nc3ccccc3cc2C[C@H]1Br. The molecule has 2 heterocycles. The first-order chi connectivity index (χ1) is 12.7. The van der Waals surface area contributed by atoms with Crippen LogP contribution in [0.4, 0.5) is 0 Å². The lowest BCUT2D eigenvalue weighted by Crippen LogP contribution is -2.22. The molecule has 2 aromatic carbocycles. The maximum Gasteiger partial charge on any atom is 0.0929 e. The minimum absolute atomic E-state index is 0.351. The molecule has 0 amide bonds. The molecule has 0 spiro atoms. The average molecular weight is 468 g/mol. The van der Waals surface area contributed by atoms with Crippen molar-refractivity contribution in [3.8, 4) is 11.4 Å². The van der Waals surface area contributed by atoms with E-state index < -0.39 is 0 Å². The van der Waals surface area contributed by atoms with Crippen molar-refractivity contribution in [2.45, 2.75) is 22.5 Å². The Labute approximate surface area is 168 Å². The summed E-state index contributed by atoms with van der Waals surface area (Å²) in [6.45, 7) is 0. The van der Waals surface area contributed by atoms with E-state index in [9.17, 15) is 0 Å². The van der Waals surface area contributed by atoms with Crippen LogP contribution in [0.25, 0.3) is 33.2 Å². The second-order valence-corrected chi connectivity index (χ2v) is 9.17. The highest BCUT2D eigenvalue weighted by Gasteiger charge is 2.26. The van der Waals surface area contributed by atoms with Gasteiger partial charge in [0.2, 0.25) is 0 Å². The van der Waals surface area contributed by atoms with Crippen LogP contribution in [-0.4, -0.2) is 19.6 Å². The van der Waals surface area contributed by atoms with E-state index in [1.165, 1.54) is 21.9 Å². The molecule has 2 atom stereocenters. The summed E-state index contributed by atoms with van der Waals surface area (Å²) in [5, 5.41) is 2.36. The quantitative estimate of drug-likeness (QED) is 0.293. The van der Waals surface area contributed by atoms with Gasteiger partial charge in [-0.1, -0.05) is 68.3 Å². The third-order valence-electron chi connectivity index (χ3n) is 5.05. The van der Waals surface area contributed by atoms with Gasteiger partial charge in [-0.2, -0.15) is 0 Å². The topological polar surface area (TPSA) is 25.8 Å². The summed E-state index contributed by atoms with van der Waals surface area (Å²) >= 11 is 7.76. The largest absolute Gasteiger partial charge is 0.246 e.